The number of aromatic nitrogens is 2. The van der Waals surface area contributed by atoms with E-state index in [4.69, 9.17) is 0 Å². The highest BCUT2D eigenvalue weighted by atomic mass is 32.2. The van der Waals surface area contributed by atoms with E-state index < -0.39 is 28.4 Å². The van der Waals surface area contributed by atoms with Crippen LogP contribution in [0.2, 0.25) is 0 Å². The van der Waals surface area contributed by atoms with Crippen molar-refractivity contribution in [3.8, 4) is 0 Å². The Balaban J connectivity index is 1.99. The lowest BCUT2D eigenvalue weighted by molar-refractivity contribution is -0.129. The normalized spacial score (nSPS) is 16.1. The third kappa shape index (κ3) is 5.94. The van der Waals surface area contributed by atoms with Crippen LogP contribution < -0.4 is 9.62 Å². The molecular formula is C13H19F3N4O2S. The highest BCUT2D eigenvalue weighted by Gasteiger charge is 2.29. The molecule has 6 nitrogen and oxygen atoms in total. The van der Waals surface area contributed by atoms with Crippen LogP contribution in [0.3, 0.4) is 0 Å². The van der Waals surface area contributed by atoms with E-state index in [0.29, 0.717) is 17.3 Å². The van der Waals surface area contributed by atoms with E-state index in [1.165, 1.54) is 0 Å². The second kappa shape index (κ2) is 7.00. The molecule has 0 saturated carbocycles. The molecule has 2 rings (SSSR count). The zero-order valence-corrected chi connectivity index (χ0v) is 13.5. The van der Waals surface area contributed by atoms with Gasteiger partial charge in [-0.25, -0.2) is 23.1 Å². The van der Waals surface area contributed by atoms with E-state index in [1.807, 2.05) is 4.90 Å². The summed E-state index contributed by atoms with van der Waals surface area (Å²) in [6.07, 6.45) is -3.76. The average molecular weight is 352 g/mol. The van der Waals surface area contributed by atoms with Crippen molar-refractivity contribution >= 4 is 16.0 Å². The number of alkyl halides is 3. The summed E-state index contributed by atoms with van der Waals surface area (Å²) in [5.41, 5.74) is 1.13. The summed E-state index contributed by atoms with van der Waals surface area (Å²) < 4.78 is 61.7. The molecule has 0 radical (unpaired) electrons. The summed E-state index contributed by atoms with van der Waals surface area (Å²) in [7, 11) is -4.00. The minimum absolute atomic E-state index is 0.148. The number of hydrogen-bond acceptors (Lipinski definition) is 5. The monoisotopic (exact) mass is 352 g/mol. The molecule has 0 aromatic carbocycles. The highest BCUT2D eigenvalue weighted by molar-refractivity contribution is 7.89. The minimum Gasteiger partial charge on any atom is -0.341 e. The average Bonchev–Trinajstić information content (AvgIpc) is 2.96. The molecule has 1 aliphatic heterocycles. The fourth-order valence-electron chi connectivity index (χ4n) is 2.27. The van der Waals surface area contributed by atoms with Crippen molar-refractivity contribution < 1.29 is 21.6 Å². The van der Waals surface area contributed by atoms with E-state index in [9.17, 15) is 21.6 Å². The molecular weight excluding hydrogens is 333 g/mol. The van der Waals surface area contributed by atoms with Crippen LogP contribution in [0.25, 0.3) is 0 Å². The fraction of sp³-hybridized carbons (Fsp3) is 0.692. The van der Waals surface area contributed by atoms with Gasteiger partial charge in [0.25, 0.3) is 0 Å². The van der Waals surface area contributed by atoms with Crippen LogP contribution in [0.1, 0.15) is 30.7 Å². The number of sulfonamides is 1. The first-order valence-corrected chi connectivity index (χ1v) is 8.93. The molecule has 0 bridgehead atoms. The van der Waals surface area contributed by atoms with Crippen molar-refractivity contribution in [2.24, 2.45) is 0 Å². The predicted octanol–water partition coefficient (Wildman–Crippen LogP) is 1.76. The number of rotatable bonds is 6. The van der Waals surface area contributed by atoms with Crippen molar-refractivity contribution in [3.05, 3.63) is 17.5 Å². The van der Waals surface area contributed by atoms with Crippen molar-refractivity contribution in [1.82, 2.24) is 14.7 Å². The molecule has 1 N–H and O–H groups in total. The molecule has 1 aromatic heterocycles. The Bertz CT molecular complexity index is 643. The van der Waals surface area contributed by atoms with Gasteiger partial charge in [0, 0.05) is 18.8 Å². The summed E-state index contributed by atoms with van der Waals surface area (Å²) >= 11 is 0. The third-order valence-corrected chi connectivity index (χ3v) is 4.74. The predicted molar refractivity (Wildman–Crippen MR) is 79.5 cm³/mol. The molecule has 0 aliphatic carbocycles. The molecule has 23 heavy (non-hydrogen) atoms. The molecule has 0 atom stereocenters. The molecule has 0 amide bonds. The first-order valence-electron chi connectivity index (χ1n) is 7.28. The Morgan fingerprint density at radius 1 is 1.26 bits per heavy atom. The van der Waals surface area contributed by atoms with Crippen LogP contribution in [0, 0.1) is 6.92 Å². The summed E-state index contributed by atoms with van der Waals surface area (Å²) in [4.78, 5) is 10.6. The summed E-state index contributed by atoms with van der Waals surface area (Å²) in [5, 5.41) is 0. The zero-order valence-electron chi connectivity index (χ0n) is 12.7. The molecule has 1 aromatic rings. The molecule has 1 saturated heterocycles. The largest absolute Gasteiger partial charge is 0.390 e. The maximum atomic E-state index is 12.1. The quantitative estimate of drug-likeness (QED) is 0.844. The van der Waals surface area contributed by atoms with Gasteiger partial charge in [0.2, 0.25) is 16.0 Å². The van der Waals surface area contributed by atoms with E-state index >= 15 is 0 Å². The van der Waals surface area contributed by atoms with Gasteiger partial charge in [-0.05, 0) is 25.8 Å². The number of halogens is 3. The van der Waals surface area contributed by atoms with Crippen molar-refractivity contribution in [2.75, 3.05) is 23.7 Å². The molecule has 1 fully saturated rings. The van der Waals surface area contributed by atoms with E-state index in [-0.39, 0.29) is 6.54 Å². The van der Waals surface area contributed by atoms with Gasteiger partial charge in [-0.1, -0.05) is 0 Å². The molecule has 1 aliphatic rings. The number of hydrogen-bond donors (Lipinski definition) is 1. The van der Waals surface area contributed by atoms with Crippen LogP contribution in [0.4, 0.5) is 19.1 Å². The van der Waals surface area contributed by atoms with Gasteiger partial charge in [-0.3, -0.25) is 0 Å². The molecule has 10 heteroatoms. The zero-order chi connectivity index (χ0) is 17.1. The second-order valence-electron chi connectivity index (χ2n) is 5.50. The smallest absolute Gasteiger partial charge is 0.341 e. The van der Waals surface area contributed by atoms with E-state index in [2.05, 4.69) is 14.7 Å². The Labute approximate surface area is 133 Å². The molecule has 0 spiro atoms. The van der Waals surface area contributed by atoms with Gasteiger partial charge in [-0.2, -0.15) is 13.2 Å². The first kappa shape index (κ1) is 17.9. The maximum absolute atomic E-state index is 12.1. The standard InChI is InChI=1S/C13H19F3N4O2S/c1-10-8-11(19-12(18-10)20-5-2-3-6-20)9-17-23(21,22)7-4-13(14,15)16/h8,17H,2-7,9H2,1H3. The van der Waals surface area contributed by atoms with Gasteiger partial charge in [0.15, 0.2) is 0 Å². The lowest BCUT2D eigenvalue weighted by Gasteiger charge is -2.16. The Kier molecular flexibility index (Phi) is 5.45. The van der Waals surface area contributed by atoms with Crippen molar-refractivity contribution in [2.45, 2.75) is 38.9 Å². The Hall–Kier alpha value is -1.42. The number of anilines is 1. The van der Waals surface area contributed by atoms with E-state index in [0.717, 1.165) is 25.9 Å². The summed E-state index contributed by atoms with van der Waals surface area (Å²) in [5.74, 6) is -0.452. The van der Waals surface area contributed by atoms with E-state index in [1.54, 1.807) is 13.0 Å². The number of nitrogens with one attached hydrogen (secondary N) is 1. The molecule has 0 unspecified atom stereocenters. The minimum atomic E-state index is -4.50. The second-order valence-corrected chi connectivity index (χ2v) is 7.43. The Morgan fingerprint density at radius 2 is 1.91 bits per heavy atom. The highest BCUT2D eigenvalue weighted by Crippen LogP contribution is 2.20. The van der Waals surface area contributed by atoms with Gasteiger partial charge in [-0.15, -0.1) is 0 Å². The molecule has 2 heterocycles. The number of aryl methyl sites for hydroxylation is 1. The van der Waals surface area contributed by atoms with Crippen LogP contribution in [0.15, 0.2) is 6.07 Å². The van der Waals surface area contributed by atoms with Crippen LogP contribution >= 0.6 is 0 Å². The lowest BCUT2D eigenvalue weighted by atomic mass is 10.3. The van der Waals surface area contributed by atoms with Crippen LogP contribution in [-0.2, 0) is 16.6 Å². The van der Waals surface area contributed by atoms with Crippen molar-refractivity contribution in [1.29, 1.82) is 0 Å². The Morgan fingerprint density at radius 3 is 2.52 bits per heavy atom. The van der Waals surface area contributed by atoms with Gasteiger partial charge >= 0.3 is 6.18 Å². The van der Waals surface area contributed by atoms with Gasteiger partial charge in [0.1, 0.15) is 0 Å². The van der Waals surface area contributed by atoms with Crippen molar-refractivity contribution in [3.63, 3.8) is 0 Å². The molecule has 130 valence electrons. The topological polar surface area (TPSA) is 75.2 Å². The third-order valence-electron chi connectivity index (χ3n) is 3.41. The first-order chi connectivity index (χ1) is 10.6. The number of nitrogens with zero attached hydrogens (tertiary/aromatic N) is 3. The lowest BCUT2D eigenvalue weighted by Crippen LogP contribution is -2.29. The van der Waals surface area contributed by atoms with Gasteiger partial charge < -0.3 is 4.90 Å². The fourth-order valence-corrected chi connectivity index (χ4v) is 3.28. The summed E-state index contributed by atoms with van der Waals surface area (Å²) in [6.45, 7) is 3.31. The van der Waals surface area contributed by atoms with Gasteiger partial charge in [0.05, 0.1) is 24.4 Å². The summed E-state index contributed by atoms with van der Waals surface area (Å²) in [6, 6.07) is 1.62. The SMILES string of the molecule is Cc1cc(CNS(=O)(=O)CCC(F)(F)F)nc(N2CCCC2)n1. The van der Waals surface area contributed by atoms with Crippen LogP contribution in [0.5, 0.6) is 0 Å². The van der Waals surface area contributed by atoms with Crippen LogP contribution in [-0.4, -0.2) is 43.4 Å². The maximum Gasteiger partial charge on any atom is 0.390 e.